The predicted molar refractivity (Wildman–Crippen MR) is 108 cm³/mol. The van der Waals surface area contributed by atoms with Gasteiger partial charge in [-0.3, -0.25) is 14.3 Å². The van der Waals surface area contributed by atoms with Gasteiger partial charge in [0.15, 0.2) is 5.82 Å². The number of aromatic nitrogens is 4. The van der Waals surface area contributed by atoms with Gasteiger partial charge in [-0.25, -0.2) is 0 Å². The molecule has 30 heavy (non-hydrogen) atoms. The first-order chi connectivity index (χ1) is 14.6. The van der Waals surface area contributed by atoms with Crippen molar-refractivity contribution in [2.24, 2.45) is 0 Å². The first kappa shape index (κ1) is 19.8. The van der Waals surface area contributed by atoms with Crippen LogP contribution < -0.4 is 0 Å². The van der Waals surface area contributed by atoms with E-state index in [1.165, 1.54) is 0 Å². The Bertz CT molecular complexity index is 1030. The van der Waals surface area contributed by atoms with E-state index in [2.05, 4.69) is 15.2 Å². The number of rotatable bonds is 4. The number of carbonyl (C=O) groups excluding carboxylic acids is 2. The number of nitrogens with zero attached hydrogens (tertiary/aromatic N) is 6. The molecule has 3 aromatic rings. The molecule has 0 aliphatic carbocycles. The maximum Gasteiger partial charge on any atom is 0.272 e. The SMILES string of the molecule is CCn1nccc1C(=O)N1CCCN(C(=O)c2ccccc2)C(c2nc(C)no2)C1. The molecule has 9 nitrogen and oxygen atoms in total. The average molecular weight is 408 g/mol. The van der Waals surface area contributed by atoms with E-state index in [1.54, 1.807) is 45.8 Å². The van der Waals surface area contributed by atoms with Crippen LogP contribution in [-0.4, -0.2) is 61.2 Å². The Morgan fingerprint density at radius 1 is 1.13 bits per heavy atom. The molecular formula is C21H24N6O3. The number of hydrogen-bond donors (Lipinski definition) is 0. The van der Waals surface area contributed by atoms with E-state index in [9.17, 15) is 9.59 Å². The molecule has 1 aromatic carbocycles. The zero-order valence-corrected chi connectivity index (χ0v) is 17.1. The lowest BCUT2D eigenvalue weighted by Crippen LogP contribution is -2.40. The minimum atomic E-state index is -0.525. The van der Waals surface area contributed by atoms with Crippen LogP contribution in [0, 0.1) is 6.92 Å². The van der Waals surface area contributed by atoms with Crippen LogP contribution in [0.2, 0.25) is 0 Å². The van der Waals surface area contributed by atoms with Gasteiger partial charge in [0.05, 0.1) is 6.54 Å². The molecule has 2 amide bonds. The summed E-state index contributed by atoms with van der Waals surface area (Å²) in [6.07, 6.45) is 2.27. The van der Waals surface area contributed by atoms with Gasteiger partial charge in [-0.15, -0.1) is 0 Å². The maximum absolute atomic E-state index is 13.3. The molecule has 0 N–H and O–H groups in total. The lowest BCUT2D eigenvalue weighted by molar-refractivity contribution is 0.0588. The molecule has 2 aromatic heterocycles. The number of benzene rings is 1. The first-order valence-corrected chi connectivity index (χ1v) is 10.1. The third-order valence-corrected chi connectivity index (χ3v) is 5.23. The van der Waals surface area contributed by atoms with E-state index < -0.39 is 6.04 Å². The van der Waals surface area contributed by atoms with Crippen molar-refractivity contribution in [3.8, 4) is 0 Å². The molecule has 9 heteroatoms. The topological polar surface area (TPSA) is 97.4 Å². The quantitative estimate of drug-likeness (QED) is 0.657. The summed E-state index contributed by atoms with van der Waals surface area (Å²) in [6, 6.07) is 10.3. The van der Waals surface area contributed by atoms with E-state index in [4.69, 9.17) is 4.52 Å². The van der Waals surface area contributed by atoms with Crippen molar-refractivity contribution in [2.75, 3.05) is 19.6 Å². The Morgan fingerprint density at radius 3 is 2.63 bits per heavy atom. The van der Waals surface area contributed by atoms with Gasteiger partial charge in [0, 0.05) is 31.4 Å². The maximum atomic E-state index is 13.3. The van der Waals surface area contributed by atoms with Crippen LogP contribution in [0.1, 0.15) is 51.9 Å². The zero-order chi connectivity index (χ0) is 21.1. The van der Waals surface area contributed by atoms with Crippen molar-refractivity contribution in [1.29, 1.82) is 0 Å². The molecule has 0 bridgehead atoms. The molecule has 1 saturated heterocycles. The van der Waals surface area contributed by atoms with Crippen LogP contribution in [0.15, 0.2) is 47.1 Å². The molecule has 0 saturated carbocycles. The average Bonchev–Trinajstić information content (AvgIpc) is 3.36. The van der Waals surface area contributed by atoms with Crippen LogP contribution in [0.4, 0.5) is 0 Å². The van der Waals surface area contributed by atoms with E-state index in [0.29, 0.717) is 49.0 Å². The van der Waals surface area contributed by atoms with E-state index in [1.807, 2.05) is 25.1 Å². The van der Waals surface area contributed by atoms with Crippen LogP contribution in [0.3, 0.4) is 0 Å². The molecule has 1 atom stereocenters. The highest BCUT2D eigenvalue weighted by molar-refractivity contribution is 5.95. The third-order valence-electron chi connectivity index (χ3n) is 5.23. The molecule has 0 spiro atoms. The van der Waals surface area contributed by atoms with Crippen molar-refractivity contribution < 1.29 is 14.1 Å². The smallest absolute Gasteiger partial charge is 0.272 e. The van der Waals surface area contributed by atoms with Gasteiger partial charge in [0.25, 0.3) is 17.7 Å². The lowest BCUT2D eigenvalue weighted by Gasteiger charge is -2.29. The summed E-state index contributed by atoms with van der Waals surface area (Å²) in [7, 11) is 0. The van der Waals surface area contributed by atoms with Crippen molar-refractivity contribution in [3.05, 3.63) is 65.6 Å². The van der Waals surface area contributed by atoms with Gasteiger partial charge >= 0.3 is 0 Å². The van der Waals surface area contributed by atoms with Crippen molar-refractivity contribution in [2.45, 2.75) is 32.9 Å². The fourth-order valence-electron chi connectivity index (χ4n) is 3.75. The highest BCUT2D eigenvalue weighted by atomic mass is 16.5. The molecule has 156 valence electrons. The molecular weight excluding hydrogens is 384 g/mol. The van der Waals surface area contributed by atoms with Gasteiger partial charge < -0.3 is 14.3 Å². The van der Waals surface area contributed by atoms with Crippen LogP contribution >= 0.6 is 0 Å². The number of amides is 2. The molecule has 4 rings (SSSR count). The number of carbonyl (C=O) groups is 2. The second-order valence-corrected chi connectivity index (χ2v) is 7.20. The Balaban J connectivity index is 1.66. The standard InChI is InChI=1S/C21H24N6O3/c1-3-27-17(10-11-22-27)21(29)25-12-7-13-26(20(28)16-8-5-4-6-9-16)18(14-25)19-23-15(2)24-30-19/h4-6,8-11,18H,3,7,12-14H2,1-2H3. The Hall–Kier alpha value is -3.49. The van der Waals surface area contributed by atoms with E-state index in [0.717, 1.165) is 0 Å². The summed E-state index contributed by atoms with van der Waals surface area (Å²) in [6.45, 7) is 5.56. The van der Waals surface area contributed by atoms with Crippen LogP contribution in [0.5, 0.6) is 0 Å². The first-order valence-electron chi connectivity index (χ1n) is 10.1. The summed E-state index contributed by atoms with van der Waals surface area (Å²) in [5, 5.41) is 8.10. The molecule has 1 fully saturated rings. The summed E-state index contributed by atoms with van der Waals surface area (Å²) >= 11 is 0. The molecule has 3 heterocycles. The van der Waals surface area contributed by atoms with E-state index >= 15 is 0 Å². The highest BCUT2D eigenvalue weighted by Crippen LogP contribution is 2.27. The Kier molecular flexibility index (Phi) is 5.60. The van der Waals surface area contributed by atoms with Crippen LogP contribution in [0.25, 0.3) is 0 Å². The summed E-state index contributed by atoms with van der Waals surface area (Å²) in [5.74, 6) is 0.581. The summed E-state index contributed by atoms with van der Waals surface area (Å²) < 4.78 is 7.10. The predicted octanol–water partition coefficient (Wildman–Crippen LogP) is 2.32. The Labute approximate surface area is 174 Å². The molecule has 1 aliphatic rings. The monoisotopic (exact) mass is 408 g/mol. The largest absolute Gasteiger partial charge is 0.337 e. The normalized spacial score (nSPS) is 17.1. The highest BCUT2D eigenvalue weighted by Gasteiger charge is 2.36. The summed E-state index contributed by atoms with van der Waals surface area (Å²) in [4.78, 5) is 34.3. The number of aryl methyl sites for hydroxylation is 2. The van der Waals surface area contributed by atoms with Crippen molar-refractivity contribution >= 4 is 11.8 Å². The minimum Gasteiger partial charge on any atom is -0.337 e. The van der Waals surface area contributed by atoms with E-state index in [-0.39, 0.29) is 18.4 Å². The zero-order valence-electron chi connectivity index (χ0n) is 17.1. The van der Waals surface area contributed by atoms with Gasteiger partial charge in [-0.05, 0) is 38.5 Å². The lowest BCUT2D eigenvalue weighted by atomic mass is 10.1. The second kappa shape index (κ2) is 8.48. The molecule has 1 unspecified atom stereocenters. The van der Waals surface area contributed by atoms with Crippen molar-refractivity contribution in [1.82, 2.24) is 29.7 Å². The van der Waals surface area contributed by atoms with Gasteiger partial charge in [0.1, 0.15) is 11.7 Å². The third kappa shape index (κ3) is 3.83. The van der Waals surface area contributed by atoms with Gasteiger partial charge in [-0.2, -0.15) is 10.1 Å². The second-order valence-electron chi connectivity index (χ2n) is 7.20. The molecule has 0 radical (unpaired) electrons. The summed E-state index contributed by atoms with van der Waals surface area (Å²) in [5.41, 5.74) is 1.11. The van der Waals surface area contributed by atoms with Gasteiger partial charge in [0.2, 0.25) is 0 Å². The fraction of sp³-hybridized carbons (Fsp3) is 0.381. The number of hydrogen-bond acceptors (Lipinski definition) is 6. The fourth-order valence-corrected chi connectivity index (χ4v) is 3.75. The van der Waals surface area contributed by atoms with Crippen LogP contribution in [-0.2, 0) is 6.54 Å². The van der Waals surface area contributed by atoms with Gasteiger partial charge in [-0.1, -0.05) is 23.4 Å². The van der Waals surface area contributed by atoms with Crippen molar-refractivity contribution in [3.63, 3.8) is 0 Å². The minimum absolute atomic E-state index is 0.121. The Morgan fingerprint density at radius 2 is 1.93 bits per heavy atom. The molecule has 1 aliphatic heterocycles.